The highest BCUT2D eigenvalue weighted by atomic mass is 16.5. The maximum Gasteiger partial charge on any atom is 0.235 e. The molecule has 0 aliphatic carbocycles. The van der Waals surface area contributed by atoms with E-state index >= 15 is 0 Å². The second-order valence-electron chi connectivity index (χ2n) is 7.64. The molecule has 3 aromatic carbocycles. The summed E-state index contributed by atoms with van der Waals surface area (Å²) in [6, 6.07) is 20.9. The third-order valence-electron chi connectivity index (χ3n) is 5.19. The molecular formula is C27H26O5. The molecule has 0 N–H and O–H groups in total. The molecule has 164 valence electrons. The van der Waals surface area contributed by atoms with Crippen LogP contribution in [0.5, 0.6) is 17.2 Å². The van der Waals surface area contributed by atoms with Gasteiger partial charge in [-0.15, -0.1) is 0 Å². The number of para-hydroxylation sites is 1. The van der Waals surface area contributed by atoms with Gasteiger partial charge in [-0.25, -0.2) is 0 Å². The number of rotatable bonds is 8. The fourth-order valence-electron chi connectivity index (χ4n) is 3.68. The van der Waals surface area contributed by atoms with E-state index in [1.165, 1.54) is 0 Å². The lowest BCUT2D eigenvalue weighted by molar-refractivity contribution is 0.244. The van der Waals surface area contributed by atoms with Gasteiger partial charge in [0.05, 0.1) is 25.7 Å². The minimum Gasteiger partial charge on any atom is -0.497 e. The summed E-state index contributed by atoms with van der Waals surface area (Å²) in [7, 11) is 1.61. The third-order valence-corrected chi connectivity index (χ3v) is 5.19. The lowest BCUT2D eigenvalue weighted by Gasteiger charge is -2.14. The highest BCUT2D eigenvalue weighted by molar-refractivity contribution is 5.85. The van der Waals surface area contributed by atoms with E-state index in [1.807, 2.05) is 80.6 Å². The van der Waals surface area contributed by atoms with Gasteiger partial charge in [-0.2, -0.15) is 0 Å². The van der Waals surface area contributed by atoms with Crippen molar-refractivity contribution >= 4 is 11.0 Å². The van der Waals surface area contributed by atoms with Gasteiger partial charge in [-0.1, -0.05) is 24.3 Å². The molecule has 1 aromatic heterocycles. The van der Waals surface area contributed by atoms with Crippen LogP contribution in [0.2, 0.25) is 0 Å². The monoisotopic (exact) mass is 430 g/mol. The molecule has 5 nitrogen and oxygen atoms in total. The summed E-state index contributed by atoms with van der Waals surface area (Å²) in [5, 5.41) is 0.545. The van der Waals surface area contributed by atoms with Crippen LogP contribution in [0.25, 0.3) is 22.3 Å². The molecule has 32 heavy (non-hydrogen) atoms. The lowest BCUT2D eigenvalue weighted by Crippen LogP contribution is -2.13. The molecule has 1 heterocycles. The molecule has 0 saturated carbocycles. The summed E-state index contributed by atoms with van der Waals surface area (Å²) >= 11 is 0. The summed E-state index contributed by atoms with van der Waals surface area (Å²) in [4.78, 5) is 13.4. The molecule has 4 rings (SSSR count). The van der Waals surface area contributed by atoms with Gasteiger partial charge in [0.1, 0.15) is 17.1 Å². The van der Waals surface area contributed by atoms with E-state index < -0.39 is 0 Å². The molecule has 0 unspecified atom stereocenters. The van der Waals surface area contributed by atoms with Crippen molar-refractivity contribution in [2.45, 2.75) is 20.3 Å². The van der Waals surface area contributed by atoms with Gasteiger partial charge in [0.2, 0.25) is 11.2 Å². The number of aryl methyl sites for hydroxylation is 2. The van der Waals surface area contributed by atoms with Crippen molar-refractivity contribution in [1.29, 1.82) is 0 Å². The Morgan fingerprint density at radius 3 is 2.28 bits per heavy atom. The smallest absolute Gasteiger partial charge is 0.235 e. The zero-order chi connectivity index (χ0) is 22.5. The maximum atomic E-state index is 13.4. The predicted molar refractivity (Wildman–Crippen MR) is 126 cm³/mol. The zero-order valence-corrected chi connectivity index (χ0v) is 18.5. The van der Waals surface area contributed by atoms with Crippen molar-refractivity contribution in [2.24, 2.45) is 0 Å². The number of ether oxygens (including phenoxy) is 3. The quantitative estimate of drug-likeness (QED) is 0.324. The largest absolute Gasteiger partial charge is 0.497 e. The molecular weight excluding hydrogens is 404 g/mol. The van der Waals surface area contributed by atoms with Crippen LogP contribution in [-0.4, -0.2) is 20.3 Å². The van der Waals surface area contributed by atoms with Crippen molar-refractivity contribution in [1.82, 2.24) is 0 Å². The second kappa shape index (κ2) is 9.60. The molecule has 0 saturated heterocycles. The van der Waals surface area contributed by atoms with Gasteiger partial charge in [0.15, 0.2) is 5.76 Å². The van der Waals surface area contributed by atoms with Crippen molar-refractivity contribution in [2.75, 3.05) is 20.3 Å². The van der Waals surface area contributed by atoms with Crippen LogP contribution < -0.4 is 19.6 Å². The Labute approximate surface area is 187 Å². The first kappa shape index (κ1) is 21.5. The first-order chi connectivity index (χ1) is 15.6. The Morgan fingerprint density at radius 2 is 1.56 bits per heavy atom. The molecule has 0 aliphatic heterocycles. The van der Waals surface area contributed by atoms with Crippen LogP contribution >= 0.6 is 0 Å². The number of fused-ring (bicyclic) bond motifs is 1. The molecule has 5 heteroatoms. The highest BCUT2D eigenvalue weighted by Crippen LogP contribution is 2.33. The average molecular weight is 431 g/mol. The van der Waals surface area contributed by atoms with E-state index in [9.17, 15) is 4.79 Å². The second-order valence-corrected chi connectivity index (χ2v) is 7.64. The van der Waals surface area contributed by atoms with Crippen LogP contribution in [0.4, 0.5) is 0 Å². The van der Waals surface area contributed by atoms with Gasteiger partial charge < -0.3 is 18.6 Å². The van der Waals surface area contributed by atoms with Crippen LogP contribution in [0, 0.1) is 13.8 Å². The van der Waals surface area contributed by atoms with E-state index in [4.69, 9.17) is 18.6 Å². The highest BCUT2D eigenvalue weighted by Gasteiger charge is 2.19. The fraction of sp³-hybridized carbons (Fsp3) is 0.222. The van der Waals surface area contributed by atoms with Crippen LogP contribution in [0.15, 0.2) is 75.9 Å². The minimum absolute atomic E-state index is 0.168. The summed E-state index contributed by atoms with van der Waals surface area (Å²) < 4.78 is 23.2. The van der Waals surface area contributed by atoms with Crippen molar-refractivity contribution in [3.05, 3.63) is 88.1 Å². The van der Waals surface area contributed by atoms with E-state index in [1.54, 1.807) is 7.11 Å². The van der Waals surface area contributed by atoms with Crippen molar-refractivity contribution in [3.63, 3.8) is 0 Å². The van der Waals surface area contributed by atoms with E-state index in [2.05, 4.69) is 0 Å². The Bertz CT molecular complexity index is 1260. The normalized spacial score (nSPS) is 10.8. The van der Waals surface area contributed by atoms with Gasteiger partial charge in [-0.05, 0) is 67.4 Å². The zero-order valence-electron chi connectivity index (χ0n) is 18.5. The van der Waals surface area contributed by atoms with Crippen LogP contribution in [0.3, 0.4) is 0 Å². The summed E-state index contributed by atoms with van der Waals surface area (Å²) in [5.41, 5.74) is 3.04. The van der Waals surface area contributed by atoms with Gasteiger partial charge >= 0.3 is 0 Å². The number of hydrogen-bond donors (Lipinski definition) is 0. The molecule has 0 spiro atoms. The predicted octanol–water partition coefficient (Wildman–Crippen LogP) is 5.93. The minimum atomic E-state index is -0.168. The fourth-order valence-corrected chi connectivity index (χ4v) is 3.68. The van der Waals surface area contributed by atoms with Gasteiger partial charge in [0.25, 0.3) is 0 Å². The third kappa shape index (κ3) is 4.62. The molecule has 0 aliphatic rings. The molecule has 0 amide bonds. The standard InChI is InChI=1S/C27H26O5/c1-18-16-19(2)24-23(17-18)32-26(20-10-12-21(29-3)13-11-20)27(25(24)28)31-15-7-14-30-22-8-5-4-6-9-22/h4-6,8-13,16-17H,7,14-15H2,1-3H3. The Morgan fingerprint density at radius 1 is 0.844 bits per heavy atom. The first-order valence-electron chi connectivity index (χ1n) is 10.6. The summed E-state index contributed by atoms with van der Waals surface area (Å²) in [6.07, 6.45) is 0.626. The number of benzene rings is 3. The first-order valence-corrected chi connectivity index (χ1v) is 10.6. The van der Waals surface area contributed by atoms with E-state index in [0.717, 1.165) is 28.2 Å². The van der Waals surface area contributed by atoms with E-state index in [-0.39, 0.29) is 11.2 Å². The lowest BCUT2D eigenvalue weighted by atomic mass is 10.0. The summed E-state index contributed by atoms with van der Waals surface area (Å²) in [5.74, 6) is 2.17. The maximum absolute atomic E-state index is 13.4. The topological polar surface area (TPSA) is 57.9 Å². The molecule has 0 atom stereocenters. The van der Waals surface area contributed by atoms with Crippen LogP contribution in [-0.2, 0) is 0 Å². The molecule has 0 fully saturated rings. The van der Waals surface area contributed by atoms with Crippen molar-refractivity contribution < 1.29 is 18.6 Å². The SMILES string of the molecule is COc1ccc(-c2oc3cc(C)cc(C)c3c(=O)c2OCCCOc2ccccc2)cc1. The number of methoxy groups -OCH3 is 1. The van der Waals surface area contributed by atoms with Gasteiger partial charge in [-0.3, -0.25) is 4.79 Å². The Balaban J connectivity index is 1.63. The molecule has 4 aromatic rings. The Hall–Kier alpha value is -3.73. The average Bonchev–Trinajstić information content (AvgIpc) is 2.80. The molecule has 0 bridgehead atoms. The summed E-state index contributed by atoms with van der Waals surface area (Å²) in [6.45, 7) is 4.71. The molecule has 0 radical (unpaired) electrons. The number of hydrogen-bond acceptors (Lipinski definition) is 5. The van der Waals surface area contributed by atoms with E-state index in [0.29, 0.717) is 36.4 Å². The Kier molecular flexibility index (Phi) is 6.45. The van der Waals surface area contributed by atoms with Gasteiger partial charge in [0, 0.05) is 12.0 Å². The van der Waals surface area contributed by atoms with Crippen LogP contribution in [0.1, 0.15) is 17.5 Å². The van der Waals surface area contributed by atoms with Crippen molar-refractivity contribution in [3.8, 4) is 28.6 Å².